The number of alkyl halides is 1. The number of hydrogen-bond acceptors (Lipinski definition) is 3. The van der Waals surface area contributed by atoms with Crippen LogP contribution in [-0.2, 0) is 0 Å². The van der Waals surface area contributed by atoms with E-state index in [2.05, 4.69) is 33.2 Å². The first kappa shape index (κ1) is 11.3. The van der Waals surface area contributed by atoms with Gasteiger partial charge in [0.1, 0.15) is 0 Å². The molecule has 4 heteroatoms. The van der Waals surface area contributed by atoms with Gasteiger partial charge in [0.15, 0.2) is 5.78 Å². The number of rotatable bonds is 2. The van der Waals surface area contributed by atoms with Crippen molar-refractivity contribution >= 4 is 38.8 Å². The van der Waals surface area contributed by atoms with E-state index in [-0.39, 0.29) is 11.8 Å². The Morgan fingerprint density at radius 1 is 1.56 bits per heavy atom. The lowest BCUT2D eigenvalue weighted by atomic mass is 10.0. The number of Topliss-reactive ketones (excluding diaryl/α,β-unsaturated/α-hetero) is 1. The minimum Gasteiger partial charge on any atom is -0.376 e. The third-order valence-electron chi connectivity index (χ3n) is 2.74. The lowest BCUT2D eigenvalue weighted by molar-refractivity contribution is 0.102. The van der Waals surface area contributed by atoms with Crippen LogP contribution in [0, 0.1) is 0 Å². The summed E-state index contributed by atoms with van der Waals surface area (Å²) >= 11 is 3.19. The second-order valence-corrected chi connectivity index (χ2v) is 4.44. The Bertz CT molecular complexity index is 468. The van der Waals surface area contributed by atoms with Crippen LogP contribution in [0.3, 0.4) is 0 Å². The molecule has 0 aromatic heterocycles. The van der Waals surface area contributed by atoms with E-state index in [0.29, 0.717) is 10.9 Å². The van der Waals surface area contributed by atoms with Crippen LogP contribution in [0.5, 0.6) is 0 Å². The first-order valence-electron chi connectivity index (χ1n) is 5.17. The fourth-order valence-corrected chi connectivity index (χ4v) is 1.99. The minimum atomic E-state index is 0.0600. The maximum Gasteiger partial charge on any atom is 0.175 e. The van der Waals surface area contributed by atoms with E-state index in [9.17, 15) is 4.79 Å². The van der Waals surface area contributed by atoms with Crippen molar-refractivity contribution in [1.82, 2.24) is 0 Å². The highest BCUT2D eigenvalue weighted by atomic mass is 79.9. The molecular formula is C12H13BrN2O. The molecule has 0 spiro atoms. The van der Waals surface area contributed by atoms with Crippen LogP contribution < -0.4 is 5.32 Å². The summed E-state index contributed by atoms with van der Waals surface area (Å²) in [6.45, 7) is 4.02. The molecule has 3 nitrogen and oxygen atoms in total. The van der Waals surface area contributed by atoms with Gasteiger partial charge in [-0.25, -0.2) is 0 Å². The lowest BCUT2D eigenvalue weighted by Crippen LogP contribution is -2.27. The van der Waals surface area contributed by atoms with E-state index >= 15 is 0 Å². The molecule has 1 aliphatic rings. The number of benzene rings is 1. The first-order valence-corrected chi connectivity index (χ1v) is 6.29. The average Bonchev–Trinajstić information content (AvgIpc) is 2.29. The molecule has 1 aromatic carbocycles. The number of hydrogen-bond donors (Lipinski definition) is 1. The van der Waals surface area contributed by atoms with Crippen LogP contribution in [0.25, 0.3) is 0 Å². The molecule has 0 amide bonds. The molecule has 2 rings (SSSR count). The summed E-state index contributed by atoms with van der Waals surface area (Å²) < 4.78 is 0. The Hall–Kier alpha value is -1.16. The van der Waals surface area contributed by atoms with E-state index in [1.54, 1.807) is 0 Å². The molecule has 1 heterocycles. The topological polar surface area (TPSA) is 41.5 Å². The second kappa shape index (κ2) is 4.37. The molecule has 1 aromatic rings. The number of para-hydroxylation sites is 1. The fraction of sp³-hybridized carbons (Fsp3) is 0.333. The fourth-order valence-electron chi connectivity index (χ4n) is 1.69. The molecule has 0 saturated carbocycles. The molecule has 0 saturated heterocycles. The van der Waals surface area contributed by atoms with Gasteiger partial charge in [0, 0.05) is 11.3 Å². The molecule has 1 unspecified atom stereocenters. The molecule has 1 N–H and O–H groups in total. The number of aliphatic imine (C=N–C) groups is 1. The van der Waals surface area contributed by atoms with Gasteiger partial charge in [-0.2, -0.15) is 0 Å². The van der Waals surface area contributed by atoms with Gasteiger partial charge < -0.3 is 5.32 Å². The van der Waals surface area contributed by atoms with E-state index in [1.807, 2.05) is 25.1 Å². The maximum atomic E-state index is 11.7. The number of halogens is 1. The number of fused-ring (bicyclic) bond motifs is 1. The smallest absolute Gasteiger partial charge is 0.175 e. The highest BCUT2D eigenvalue weighted by molar-refractivity contribution is 9.09. The third-order valence-corrected chi connectivity index (χ3v) is 3.25. The molecule has 1 atom stereocenters. The van der Waals surface area contributed by atoms with E-state index in [4.69, 9.17) is 0 Å². The van der Waals surface area contributed by atoms with Gasteiger partial charge in [-0.1, -0.05) is 22.0 Å². The van der Waals surface area contributed by atoms with Crippen LogP contribution in [0.15, 0.2) is 23.2 Å². The van der Waals surface area contributed by atoms with Crippen LogP contribution in [0.4, 0.5) is 11.4 Å². The van der Waals surface area contributed by atoms with Crippen molar-refractivity contribution in [2.45, 2.75) is 19.9 Å². The van der Waals surface area contributed by atoms with Crippen LogP contribution in [-0.4, -0.2) is 22.9 Å². The summed E-state index contributed by atoms with van der Waals surface area (Å²) in [6.07, 6.45) is 0. The standard InChI is InChI=1S/C12H13BrN2O/c1-7-8(2)15-12-9(11(16)6-13)4-3-5-10(12)14-7/h3-5,7,14H,6H2,1-2H3. The molecule has 0 aliphatic carbocycles. The van der Waals surface area contributed by atoms with E-state index in [1.165, 1.54) is 0 Å². The number of anilines is 1. The Balaban J connectivity index is 2.55. The Labute approximate surface area is 103 Å². The zero-order chi connectivity index (χ0) is 11.7. The van der Waals surface area contributed by atoms with Crippen LogP contribution >= 0.6 is 15.9 Å². The summed E-state index contributed by atoms with van der Waals surface area (Å²) in [5.41, 5.74) is 3.38. The normalized spacial score (nSPS) is 18.4. The highest BCUT2D eigenvalue weighted by Gasteiger charge is 2.19. The average molecular weight is 281 g/mol. The van der Waals surface area contributed by atoms with Gasteiger partial charge in [0.05, 0.1) is 22.7 Å². The maximum absolute atomic E-state index is 11.7. The summed E-state index contributed by atoms with van der Waals surface area (Å²) in [5.74, 6) is 0.0600. The number of carbonyl (C=O) groups is 1. The van der Waals surface area contributed by atoms with Gasteiger partial charge in [-0.15, -0.1) is 0 Å². The second-order valence-electron chi connectivity index (χ2n) is 3.88. The van der Waals surface area contributed by atoms with Crippen molar-refractivity contribution < 1.29 is 4.79 Å². The Morgan fingerprint density at radius 2 is 2.31 bits per heavy atom. The van der Waals surface area contributed by atoms with Gasteiger partial charge in [-0.3, -0.25) is 9.79 Å². The molecule has 16 heavy (non-hydrogen) atoms. The molecule has 1 aliphatic heterocycles. The summed E-state index contributed by atoms with van der Waals surface area (Å²) in [4.78, 5) is 16.2. The largest absolute Gasteiger partial charge is 0.376 e. The van der Waals surface area contributed by atoms with E-state index in [0.717, 1.165) is 17.1 Å². The summed E-state index contributed by atoms with van der Waals surface area (Å²) in [6, 6.07) is 5.87. The first-order chi connectivity index (χ1) is 7.63. The summed E-state index contributed by atoms with van der Waals surface area (Å²) in [5, 5.41) is 3.66. The number of nitrogens with zero attached hydrogens (tertiary/aromatic N) is 1. The zero-order valence-corrected chi connectivity index (χ0v) is 10.8. The van der Waals surface area contributed by atoms with E-state index < -0.39 is 0 Å². The molecule has 0 fully saturated rings. The predicted octanol–water partition coefficient (Wildman–Crippen LogP) is 3.17. The number of ketones is 1. The minimum absolute atomic E-state index is 0.0600. The van der Waals surface area contributed by atoms with Gasteiger partial charge >= 0.3 is 0 Å². The van der Waals surface area contributed by atoms with Crippen molar-refractivity contribution in [2.75, 3.05) is 10.6 Å². The van der Waals surface area contributed by atoms with Gasteiger partial charge in [0.25, 0.3) is 0 Å². The summed E-state index contributed by atoms with van der Waals surface area (Å²) in [7, 11) is 0. The lowest BCUT2D eigenvalue weighted by Gasteiger charge is -2.23. The molecule has 0 bridgehead atoms. The number of carbonyl (C=O) groups excluding carboxylic acids is 1. The zero-order valence-electron chi connectivity index (χ0n) is 9.25. The Kier molecular flexibility index (Phi) is 3.10. The van der Waals surface area contributed by atoms with Crippen molar-refractivity contribution in [2.24, 2.45) is 4.99 Å². The SMILES string of the molecule is CC1=Nc2c(cccc2C(=O)CBr)NC1C. The predicted molar refractivity (Wildman–Crippen MR) is 70.4 cm³/mol. The monoisotopic (exact) mass is 280 g/mol. The molecule has 84 valence electrons. The van der Waals surface area contributed by atoms with Crippen LogP contribution in [0.1, 0.15) is 24.2 Å². The van der Waals surface area contributed by atoms with Crippen molar-refractivity contribution in [3.63, 3.8) is 0 Å². The quantitative estimate of drug-likeness (QED) is 0.668. The van der Waals surface area contributed by atoms with Crippen molar-refractivity contribution in [3.8, 4) is 0 Å². The van der Waals surface area contributed by atoms with Crippen LogP contribution in [0.2, 0.25) is 0 Å². The van der Waals surface area contributed by atoms with Crippen molar-refractivity contribution in [3.05, 3.63) is 23.8 Å². The Morgan fingerprint density at radius 3 is 3.00 bits per heavy atom. The number of nitrogens with one attached hydrogen (secondary N) is 1. The van der Waals surface area contributed by atoms with Gasteiger partial charge in [-0.05, 0) is 26.0 Å². The van der Waals surface area contributed by atoms with Crippen molar-refractivity contribution in [1.29, 1.82) is 0 Å². The third kappa shape index (κ3) is 1.89. The molecule has 0 radical (unpaired) electrons. The van der Waals surface area contributed by atoms with Gasteiger partial charge in [0.2, 0.25) is 0 Å². The highest BCUT2D eigenvalue weighted by Crippen LogP contribution is 2.33. The molecular weight excluding hydrogens is 268 g/mol.